The van der Waals surface area contributed by atoms with E-state index in [1.165, 1.54) is 0 Å². The van der Waals surface area contributed by atoms with Gasteiger partial charge >= 0.3 is 5.97 Å². The predicted molar refractivity (Wildman–Crippen MR) is 62.5 cm³/mol. The summed E-state index contributed by atoms with van der Waals surface area (Å²) in [4.78, 5) is 11.2. The fourth-order valence-corrected chi connectivity index (χ4v) is 2.20. The molecule has 4 nitrogen and oxygen atoms in total. The Balaban J connectivity index is 2.46. The average molecular weight is 220 g/mol. The number of fused-ring (bicyclic) bond motifs is 1. The lowest BCUT2D eigenvalue weighted by Gasteiger charge is -2.11. The topological polar surface area (TPSA) is 75.4 Å². The molecule has 1 aliphatic rings. The van der Waals surface area contributed by atoms with Crippen LogP contribution in [0, 0.1) is 0 Å². The van der Waals surface area contributed by atoms with E-state index in [9.17, 15) is 9.90 Å². The van der Waals surface area contributed by atoms with Crippen LogP contribution in [0.15, 0.2) is 18.2 Å². The van der Waals surface area contributed by atoms with Gasteiger partial charge in [0.15, 0.2) is 0 Å². The van der Waals surface area contributed by atoms with E-state index in [2.05, 4.69) is 5.32 Å². The first-order chi connectivity index (χ1) is 7.50. The van der Waals surface area contributed by atoms with Crippen LogP contribution in [0.25, 0.3) is 0 Å². The second-order valence-corrected chi connectivity index (χ2v) is 4.38. The summed E-state index contributed by atoms with van der Waals surface area (Å²) in [6, 6.07) is 5.60. The molecule has 0 bridgehead atoms. The normalized spacial score (nSPS) is 24.7. The number of anilines is 1. The molecule has 0 aromatic heterocycles. The molecule has 1 aromatic carbocycles. The fourth-order valence-electron chi connectivity index (χ4n) is 2.20. The molecule has 0 fully saturated rings. The van der Waals surface area contributed by atoms with E-state index in [-0.39, 0.29) is 12.1 Å². The number of nitrogens with two attached hydrogens (primary N) is 1. The summed E-state index contributed by atoms with van der Waals surface area (Å²) in [5.74, 6) is -1.27. The van der Waals surface area contributed by atoms with Gasteiger partial charge in [0.25, 0.3) is 0 Å². The summed E-state index contributed by atoms with van der Waals surface area (Å²) in [6.07, 6.45) is 0. The van der Waals surface area contributed by atoms with Crippen LogP contribution in [0.5, 0.6) is 0 Å². The molecule has 16 heavy (non-hydrogen) atoms. The van der Waals surface area contributed by atoms with Crippen LogP contribution in [0.1, 0.15) is 36.9 Å². The van der Waals surface area contributed by atoms with Crippen molar-refractivity contribution in [3.8, 4) is 0 Å². The van der Waals surface area contributed by atoms with E-state index in [0.29, 0.717) is 0 Å². The highest BCUT2D eigenvalue weighted by Gasteiger charge is 2.34. The fraction of sp³-hybridized carbons (Fsp3) is 0.417. The van der Waals surface area contributed by atoms with Gasteiger partial charge in [-0.05, 0) is 31.0 Å². The number of hydrogen-bond acceptors (Lipinski definition) is 3. The number of hydrogen-bond donors (Lipinski definition) is 3. The van der Waals surface area contributed by atoms with Gasteiger partial charge in [0.05, 0.1) is 0 Å². The van der Waals surface area contributed by atoms with E-state index < -0.39 is 11.9 Å². The van der Waals surface area contributed by atoms with Gasteiger partial charge in [-0.25, -0.2) is 0 Å². The summed E-state index contributed by atoms with van der Waals surface area (Å²) >= 11 is 0. The largest absolute Gasteiger partial charge is 0.481 e. The van der Waals surface area contributed by atoms with E-state index in [4.69, 9.17) is 5.73 Å². The molecule has 4 N–H and O–H groups in total. The minimum atomic E-state index is -0.791. The standard InChI is InChI=1S/C12H16N2O2/c1-6(13)8-3-4-10-9(5-8)11(12(15)16)7(2)14-10/h3-7,11,14H,13H2,1-2H3,(H,15,16). The summed E-state index contributed by atoms with van der Waals surface area (Å²) in [7, 11) is 0. The third-order valence-corrected chi connectivity index (χ3v) is 3.09. The van der Waals surface area contributed by atoms with Gasteiger partial charge in [0.2, 0.25) is 0 Å². The number of carbonyl (C=O) groups is 1. The van der Waals surface area contributed by atoms with Crippen molar-refractivity contribution < 1.29 is 9.90 Å². The van der Waals surface area contributed by atoms with Gasteiger partial charge in [0.1, 0.15) is 5.92 Å². The van der Waals surface area contributed by atoms with Gasteiger partial charge in [-0.2, -0.15) is 0 Å². The first-order valence-electron chi connectivity index (χ1n) is 5.39. The van der Waals surface area contributed by atoms with Gasteiger partial charge < -0.3 is 16.2 Å². The molecule has 1 heterocycles. The van der Waals surface area contributed by atoms with Crippen LogP contribution in [0.4, 0.5) is 5.69 Å². The maximum Gasteiger partial charge on any atom is 0.313 e. The third kappa shape index (κ3) is 1.65. The highest BCUT2D eigenvalue weighted by molar-refractivity contribution is 5.83. The smallest absolute Gasteiger partial charge is 0.313 e. The Morgan fingerprint density at radius 2 is 2.25 bits per heavy atom. The zero-order valence-electron chi connectivity index (χ0n) is 9.40. The van der Waals surface area contributed by atoms with E-state index in [0.717, 1.165) is 16.8 Å². The average Bonchev–Trinajstić information content (AvgIpc) is 2.51. The number of benzene rings is 1. The van der Waals surface area contributed by atoms with Crippen molar-refractivity contribution >= 4 is 11.7 Å². The summed E-state index contributed by atoms with van der Waals surface area (Å²) in [5.41, 5.74) is 8.52. The van der Waals surface area contributed by atoms with Gasteiger partial charge in [-0.3, -0.25) is 4.79 Å². The molecule has 1 aromatic rings. The molecule has 0 radical (unpaired) electrons. The van der Waals surface area contributed by atoms with Crippen LogP contribution >= 0.6 is 0 Å². The summed E-state index contributed by atoms with van der Waals surface area (Å²) < 4.78 is 0. The lowest BCUT2D eigenvalue weighted by atomic mass is 9.93. The lowest BCUT2D eigenvalue weighted by molar-refractivity contribution is -0.138. The molecule has 0 amide bonds. The second-order valence-electron chi connectivity index (χ2n) is 4.38. The maximum absolute atomic E-state index is 11.2. The molecule has 0 spiro atoms. The zero-order valence-corrected chi connectivity index (χ0v) is 9.40. The molecule has 1 aliphatic heterocycles. The summed E-state index contributed by atoms with van der Waals surface area (Å²) in [5, 5.41) is 12.4. The maximum atomic E-state index is 11.2. The van der Waals surface area contributed by atoms with Crippen molar-refractivity contribution in [2.24, 2.45) is 5.73 Å². The van der Waals surface area contributed by atoms with Crippen LogP contribution in [-0.4, -0.2) is 17.1 Å². The molecule has 2 rings (SSSR count). The third-order valence-electron chi connectivity index (χ3n) is 3.09. The number of aliphatic carboxylic acids is 1. The van der Waals surface area contributed by atoms with Crippen molar-refractivity contribution in [3.05, 3.63) is 29.3 Å². The quantitative estimate of drug-likeness (QED) is 0.709. The Hall–Kier alpha value is -1.55. The van der Waals surface area contributed by atoms with Gasteiger partial charge in [-0.15, -0.1) is 0 Å². The Morgan fingerprint density at radius 1 is 1.56 bits per heavy atom. The minimum Gasteiger partial charge on any atom is -0.481 e. The van der Waals surface area contributed by atoms with Crippen molar-refractivity contribution in [1.29, 1.82) is 0 Å². The molecule has 86 valence electrons. The molecule has 3 atom stereocenters. The van der Waals surface area contributed by atoms with E-state index >= 15 is 0 Å². The second kappa shape index (κ2) is 3.79. The molecule has 0 saturated carbocycles. The predicted octanol–water partition coefficient (Wildman–Crippen LogP) is 1.69. The molecular weight excluding hydrogens is 204 g/mol. The molecular formula is C12H16N2O2. The van der Waals surface area contributed by atoms with Crippen molar-refractivity contribution in [3.63, 3.8) is 0 Å². The number of carboxylic acid groups (broad SMARTS) is 1. The van der Waals surface area contributed by atoms with Crippen molar-refractivity contribution in [2.45, 2.75) is 31.8 Å². The van der Waals surface area contributed by atoms with Gasteiger partial charge in [-0.1, -0.05) is 12.1 Å². The van der Waals surface area contributed by atoms with Crippen LogP contribution < -0.4 is 11.1 Å². The Kier molecular flexibility index (Phi) is 2.59. The van der Waals surface area contributed by atoms with Gasteiger partial charge in [0, 0.05) is 17.8 Å². The number of carboxylic acids is 1. The van der Waals surface area contributed by atoms with Crippen LogP contribution in [-0.2, 0) is 4.79 Å². The SMILES string of the molecule is CC(N)c1ccc2c(c1)C(C(=O)O)C(C)N2. The molecule has 4 heteroatoms. The van der Waals surface area contributed by atoms with E-state index in [1.54, 1.807) is 0 Å². The highest BCUT2D eigenvalue weighted by Crippen LogP contribution is 2.37. The van der Waals surface area contributed by atoms with E-state index in [1.807, 2.05) is 32.0 Å². The summed E-state index contributed by atoms with van der Waals surface area (Å²) in [6.45, 7) is 3.77. The minimum absolute atomic E-state index is 0.0733. The van der Waals surface area contributed by atoms with Crippen LogP contribution in [0.3, 0.4) is 0 Å². The monoisotopic (exact) mass is 220 g/mol. The Bertz CT molecular complexity index is 429. The first kappa shape index (κ1) is 11.0. The molecule has 0 saturated heterocycles. The van der Waals surface area contributed by atoms with Crippen molar-refractivity contribution in [2.75, 3.05) is 5.32 Å². The van der Waals surface area contributed by atoms with Crippen molar-refractivity contribution in [1.82, 2.24) is 0 Å². The Morgan fingerprint density at radius 3 is 2.81 bits per heavy atom. The highest BCUT2D eigenvalue weighted by atomic mass is 16.4. The number of rotatable bonds is 2. The number of nitrogens with one attached hydrogen (secondary N) is 1. The first-order valence-corrected chi connectivity index (χ1v) is 5.39. The van der Waals surface area contributed by atoms with Crippen LogP contribution in [0.2, 0.25) is 0 Å². The zero-order chi connectivity index (χ0) is 11.9. The molecule has 3 unspecified atom stereocenters. The Labute approximate surface area is 94.5 Å². The lowest BCUT2D eigenvalue weighted by Crippen LogP contribution is -2.23. The molecule has 0 aliphatic carbocycles.